The molecule has 4 heterocycles. The molecule has 29 heavy (non-hydrogen) atoms. The number of carbonyl (C=O) groups is 1. The fraction of sp³-hybridized carbons (Fsp3) is 0.316. The molecule has 1 saturated carbocycles. The van der Waals surface area contributed by atoms with Gasteiger partial charge in [0.25, 0.3) is 0 Å². The van der Waals surface area contributed by atoms with Gasteiger partial charge in [-0.2, -0.15) is 5.10 Å². The number of hydrogen-bond acceptors (Lipinski definition) is 7. The van der Waals surface area contributed by atoms with Crippen LogP contribution in [0.15, 0.2) is 46.8 Å². The lowest BCUT2D eigenvalue weighted by Gasteiger charge is -2.09. The molecule has 1 amide bonds. The Morgan fingerprint density at radius 1 is 1.17 bits per heavy atom. The van der Waals surface area contributed by atoms with Crippen molar-refractivity contribution in [2.75, 3.05) is 5.32 Å². The van der Waals surface area contributed by atoms with Crippen molar-refractivity contribution in [2.45, 2.75) is 43.0 Å². The highest BCUT2D eigenvalue weighted by Crippen LogP contribution is 2.30. The van der Waals surface area contributed by atoms with Crippen LogP contribution in [0.2, 0.25) is 0 Å². The first-order valence-corrected chi connectivity index (χ1v) is 10.2. The summed E-state index contributed by atoms with van der Waals surface area (Å²) < 4.78 is 9.29. The molecule has 0 aliphatic heterocycles. The summed E-state index contributed by atoms with van der Waals surface area (Å²) in [6.45, 7) is 3.97. The van der Waals surface area contributed by atoms with E-state index in [0.29, 0.717) is 16.6 Å². The number of anilines is 1. The number of imidazole rings is 1. The fourth-order valence-corrected chi connectivity index (χ4v) is 3.69. The SMILES string of the molecule is CC(C)Oc1ccc2nnc(Sc3ccc4nc(NC(=O)C5CC5)cn4n3)n2c1. The Morgan fingerprint density at radius 2 is 2.00 bits per heavy atom. The number of rotatable bonds is 6. The second-order valence-electron chi connectivity index (χ2n) is 7.21. The van der Waals surface area contributed by atoms with Crippen molar-refractivity contribution in [1.82, 2.24) is 29.2 Å². The summed E-state index contributed by atoms with van der Waals surface area (Å²) in [5.41, 5.74) is 1.40. The zero-order valence-electron chi connectivity index (χ0n) is 15.9. The smallest absolute Gasteiger partial charge is 0.228 e. The minimum absolute atomic E-state index is 0.0253. The molecule has 148 valence electrons. The van der Waals surface area contributed by atoms with Crippen LogP contribution in [0.5, 0.6) is 5.75 Å². The van der Waals surface area contributed by atoms with Crippen LogP contribution >= 0.6 is 11.8 Å². The first-order valence-electron chi connectivity index (χ1n) is 9.42. The normalized spacial score (nSPS) is 14.0. The van der Waals surface area contributed by atoms with Crippen molar-refractivity contribution in [1.29, 1.82) is 0 Å². The standard InChI is InChI=1S/C19H19N7O2S/c1-11(2)28-13-5-6-16-22-23-19(25(16)9-13)29-17-8-7-15-20-14(10-26(15)24-17)21-18(27)12-3-4-12/h5-12H,3-4H2,1-2H3,(H,21,27). The molecule has 5 rings (SSSR count). The third kappa shape index (κ3) is 3.75. The lowest BCUT2D eigenvalue weighted by molar-refractivity contribution is -0.117. The lowest BCUT2D eigenvalue weighted by Crippen LogP contribution is -2.13. The predicted octanol–water partition coefficient (Wildman–Crippen LogP) is 3.06. The van der Waals surface area contributed by atoms with Gasteiger partial charge >= 0.3 is 0 Å². The van der Waals surface area contributed by atoms with Crippen molar-refractivity contribution in [3.05, 3.63) is 36.7 Å². The first-order chi connectivity index (χ1) is 14.0. The molecule has 9 nitrogen and oxygen atoms in total. The van der Waals surface area contributed by atoms with E-state index in [-0.39, 0.29) is 17.9 Å². The molecule has 0 radical (unpaired) electrons. The van der Waals surface area contributed by atoms with E-state index in [1.165, 1.54) is 11.8 Å². The Labute approximate surface area is 170 Å². The zero-order chi connectivity index (χ0) is 20.0. The highest BCUT2D eigenvalue weighted by molar-refractivity contribution is 7.99. The Hall–Kier alpha value is -3.14. The number of amides is 1. The number of ether oxygens (including phenoxy) is 1. The van der Waals surface area contributed by atoms with E-state index < -0.39 is 0 Å². The van der Waals surface area contributed by atoms with Gasteiger partial charge in [-0.25, -0.2) is 9.50 Å². The van der Waals surface area contributed by atoms with Gasteiger partial charge in [-0.1, -0.05) is 0 Å². The van der Waals surface area contributed by atoms with Crippen molar-refractivity contribution in [3.63, 3.8) is 0 Å². The summed E-state index contributed by atoms with van der Waals surface area (Å²) >= 11 is 1.39. The second-order valence-corrected chi connectivity index (χ2v) is 8.20. The van der Waals surface area contributed by atoms with Crippen LogP contribution in [0.4, 0.5) is 5.82 Å². The van der Waals surface area contributed by atoms with Crippen molar-refractivity contribution >= 4 is 34.8 Å². The number of carbonyl (C=O) groups excluding carboxylic acids is 1. The van der Waals surface area contributed by atoms with E-state index in [2.05, 4.69) is 25.6 Å². The molecule has 4 aromatic rings. The second kappa shape index (κ2) is 7.03. The van der Waals surface area contributed by atoms with Crippen LogP contribution < -0.4 is 10.1 Å². The Kier molecular flexibility index (Phi) is 4.35. The zero-order valence-corrected chi connectivity index (χ0v) is 16.8. The maximum atomic E-state index is 11.9. The van der Waals surface area contributed by atoms with Gasteiger partial charge in [0, 0.05) is 5.92 Å². The van der Waals surface area contributed by atoms with E-state index >= 15 is 0 Å². The Balaban J connectivity index is 1.40. The molecule has 0 aromatic carbocycles. The summed E-state index contributed by atoms with van der Waals surface area (Å²) in [7, 11) is 0. The predicted molar refractivity (Wildman–Crippen MR) is 107 cm³/mol. The van der Waals surface area contributed by atoms with Gasteiger partial charge in [0.1, 0.15) is 10.8 Å². The van der Waals surface area contributed by atoms with Gasteiger partial charge in [-0.15, -0.1) is 10.2 Å². The summed E-state index contributed by atoms with van der Waals surface area (Å²) in [6.07, 6.45) is 5.58. The number of hydrogen-bond donors (Lipinski definition) is 1. The van der Waals surface area contributed by atoms with Crippen molar-refractivity contribution in [2.24, 2.45) is 5.92 Å². The molecule has 0 atom stereocenters. The molecule has 0 saturated heterocycles. The number of pyridine rings is 1. The van der Waals surface area contributed by atoms with E-state index in [1.54, 1.807) is 10.7 Å². The van der Waals surface area contributed by atoms with Crippen LogP contribution in [0.1, 0.15) is 26.7 Å². The maximum absolute atomic E-state index is 11.9. The third-order valence-electron chi connectivity index (χ3n) is 4.41. The van der Waals surface area contributed by atoms with E-state index in [1.807, 2.05) is 48.7 Å². The van der Waals surface area contributed by atoms with Gasteiger partial charge in [0.15, 0.2) is 17.1 Å². The van der Waals surface area contributed by atoms with Gasteiger partial charge in [0.2, 0.25) is 11.1 Å². The molecule has 1 fully saturated rings. The minimum atomic E-state index is 0.0253. The third-order valence-corrected chi connectivity index (χ3v) is 5.29. The van der Waals surface area contributed by atoms with Crippen LogP contribution in [0, 0.1) is 5.92 Å². The molecule has 0 bridgehead atoms. The molecule has 1 N–H and O–H groups in total. The molecule has 0 unspecified atom stereocenters. The number of nitrogens with one attached hydrogen (secondary N) is 1. The highest BCUT2D eigenvalue weighted by Gasteiger charge is 2.30. The molecule has 1 aliphatic rings. The largest absolute Gasteiger partial charge is 0.489 e. The summed E-state index contributed by atoms with van der Waals surface area (Å²) in [6, 6.07) is 7.48. The molecular weight excluding hydrogens is 390 g/mol. The first kappa shape index (κ1) is 17.9. The average molecular weight is 409 g/mol. The Bertz CT molecular complexity index is 1210. The maximum Gasteiger partial charge on any atom is 0.228 e. The average Bonchev–Trinajstić information content (AvgIpc) is 3.36. The molecule has 1 aliphatic carbocycles. The van der Waals surface area contributed by atoms with Gasteiger partial charge in [-0.3, -0.25) is 9.20 Å². The quantitative estimate of drug-likeness (QED) is 0.522. The summed E-state index contributed by atoms with van der Waals surface area (Å²) in [5, 5.41) is 17.3. The van der Waals surface area contributed by atoms with Gasteiger partial charge in [0.05, 0.1) is 18.5 Å². The van der Waals surface area contributed by atoms with Crippen LogP contribution in [-0.2, 0) is 4.79 Å². The number of nitrogens with zero attached hydrogens (tertiary/aromatic N) is 6. The van der Waals surface area contributed by atoms with Gasteiger partial charge < -0.3 is 10.1 Å². The molecule has 4 aromatic heterocycles. The van der Waals surface area contributed by atoms with E-state index in [0.717, 1.165) is 29.3 Å². The number of fused-ring (bicyclic) bond motifs is 2. The van der Waals surface area contributed by atoms with Gasteiger partial charge in [-0.05, 0) is 62.7 Å². The fourth-order valence-electron chi connectivity index (χ4n) is 2.91. The van der Waals surface area contributed by atoms with Crippen LogP contribution in [-0.4, -0.2) is 41.2 Å². The van der Waals surface area contributed by atoms with E-state index in [4.69, 9.17) is 4.74 Å². The van der Waals surface area contributed by atoms with Crippen molar-refractivity contribution in [3.8, 4) is 5.75 Å². The summed E-state index contributed by atoms with van der Waals surface area (Å²) in [4.78, 5) is 16.3. The molecule has 10 heteroatoms. The van der Waals surface area contributed by atoms with Crippen LogP contribution in [0.25, 0.3) is 11.3 Å². The van der Waals surface area contributed by atoms with Crippen LogP contribution in [0.3, 0.4) is 0 Å². The number of aromatic nitrogens is 6. The molecular formula is C19H19N7O2S. The Morgan fingerprint density at radius 3 is 2.79 bits per heavy atom. The highest BCUT2D eigenvalue weighted by atomic mass is 32.2. The summed E-state index contributed by atoms with van der Waals surface area (Å²) in [5.74, 6) is 1.42. The molecule has 0 spiro atoms. The van der Waals surface area contributed by atoms with Crippen molar-refractivity contribution < 1.29 is 9.53 Å². The topological polar surface area (TPSA) is 98.7 Å². The monoisotopic (exact) mass is 409 g/mol. The minimum Gasteiger partial charge on any atom is -0.489 e. The lowest BCUT2D eigenvalue weighted by atomic mass is 10.4. The van der Waals surface area contributed by atoms with E-state index in [9.17, 15) is 4.79 Å².